The molecule has 136 valence electrons. The van der Waals surface area contributed by atoms with Gasteiger partial charge in [0, 0.05) is 38.7 Å². The van der Waals surface area contributed by atoms with Crippen molar-refractivity contribution >= 4 is 17.3 Å². The molecule has 1 aromatic carbocycles. The highest BCUT2D eigenvalue weighted by Crippen LogP contribution is 2.15. The summed E-state index contributed by atoms with van der Waals surface area (Å²) in [6, 6.07) is 14.6. The van der Waals surface area contributed by atoms with E-state index in [9.17, 15) is 0 Å². The summed E-state index contributed by atoms with van der Waals surface area (Å²) in [6.07, 6.45) is 2.13. The minimum absolute atomic E-state index is 0.133. The van der Waals surface area contributed by atoms with Crippen molar-refractivity contribution in [2.24, 2.45) is 4.99 Å². The SMILES string of the molecule is CN=C(NCCCOC(C)c1ccccc1)N(C)CCc1cccs1. The van der Waals surface area contributed by atoms with Gasteiger partial charge in [0.1, 0.15) is 0 Å². The van der Waals surface area contributed by atoms with Gasteiger partial charge in [-0.2, -0.15) is 0 Å². The van der Waals surface area contributed by atoms with Crippen molar-refractivity contribution in [1.82, 2.24) is 10.2 Å². The maximum Gasteiger partial charge on any atom is 0.193 e. The molecule has 5 heteroatoms. The van der Waals surface area contributed by atoms with Gasteiger partial charge < -0.3 is 15.0 Å². The lowest BCUT2D eigenvalue weighted by Gasteiger charge is -2.22. The van der Waals surface area contributed by atoms with Gasteiger partial charge in [0.2, 0.25) is 0 Å². The first-order valence-corrected chi connectivity index (χ1v) is 9.69. The Labute approximate surface area is 155 Å². The molecule has 2 rings (SSSR count). The van der Waals surface area contributed by atoms with Gasteiger partial charge in [-0.15, -0.1) is 11.3 Å². The predicted molar refractivity (Wildman–Crippen MR) is 107 cm³/mol. The molecule has 1 N–H and O–H groups in total. The van der Waals surface area contributed by atoms with E-state index in [1.54, 1.807) is 11.3 Å². The molecule has 2 aromatic rings. The van der Waals surface area contributed by atoms with Crippen molar-refractivity contribution in [3.8, 4) is 0 Å². The maximum atomic E-state index is 5.91. The summed E-state index contributed by atoms with van der Waals surface area (Å²) >= 11 is 1.81. The Morgan fingerprint density at radius 3 is 2.72 bits per heavy atom. The van der Waals surface area contributed by atoms with Gasteiger partial charge in [0.25, 0.3) is 0 Å². The first-order valence-electron chi connectivity index (χ1n) is 8.81. The van der Waals surface area contributed by atoms with E-state index < -0.39 is 0 Å². The van der Waals surface area contributed by atoms with Crippen LogP contribution in [-0.2, 0) is 11.2 Å². The second-order valence-corrected chi connectivity index (χ2v) is 7.03. The Morgan fingerprint density at radius 1 is 1.24 bits per heavy atom. The van der Waals surface area contributed by atoms with Gasteiger partial charge in [-0.25, -0.2) is 0 Å². The zero-order valence-corrected chi connectivity index (χ0v) is 16.3. The molecule has 0 bridgehead atoms. The standard InChI is InChI=1S/C20H29N3OS/c1-17(18-9-5-4-6-10-18)24-15-8-13-22-20(21-2)23(3)14-12-19-11-7-16-25-19/h4-7,9-11,16-17H,8,12-15H2,1-3H3,(H,21,22). The van der Waals surface area contributed by atoms with Crippen molar-refractivity contribution in [3.05, 3.63) is 58.3 Å². The van der Waals surface area contributed by atoms with E-state index in [-0.39, 0.29) is 6.10 Å². The molecule has 0 aliphatic rings. The highest BCUT2D eigenvalue weighted by atomic mass is 32.1. The van der Waals surface area contributed by atoms with Crippen LogP contribution in [0.5, 0.6) is 0 Å². The van der Waals surface area contributed by atoms with Crippen LogP contribution in [0.1, 0.15) is 29.9 Å². The number of aliphatic imine (C=N–C) groups is 1. The molecule has 0 aliphatic carbocycles. The lowest BCUT2D eigenvalue weighted by Crippen LogP contribution is -2.40. The second-order valence-electron chi connectivity index (χ2n) is 6.00. The van der Waals surface area contributed by atoms with E-state index in [4.69, 9.17) is 4.74 Å². The van der Waals surface area contributed by atoms with Crippen LogP contribution in [-0.4, -0.2) is 44.7 Å². The molecule has 0 radical (unpaired) electrons. The average Bonchev–Trinajstić information content (AvgIpc) is 3.17. The molecule has 0 saturated heterocycles. The van der Waals surface area contributed by atoms with Gasteiger partial charge in [-0.05, 0) is 36.8 Å². The van der Waals surface area contributed by atoms with Crippen molar-refractivity contribution in [3.63, 3.8) is 0 Å². The summed E-state index contributed by atoms with van der Waals surface area (Å²) in [5, 5.41) is 5.54. The topological polar surface area (TPSA) is 36.9 Å². The van der Waals surface area contributed by atoms with E-state index >= 15 is 0 Å². The average molecular weight is 360 g/mol. The van der Waals surface area contributed by atoms with Crippen LogP contribution in [0.3, 0.4) is 0 Å². The van der Waals surface area contributed by atoms with Gasteiger partial charge in [-0.1, -0.05) is 36.4 Å². The van der Waals surface area contributed by atoms with Gasteiger partial charge in [-0.3, -0.25) is 4.99 Å². The third-order valence-electron chi connectivity index (χ3n) is 4.09. The van der Waals surface area contributed by atoms with Crippen LogP contribution < -0.4 is 5.32 Å². The highest BCUT2D eigenvalue weighted by Gasteiger charge is 2.07. The fourth-order valence-corrected chi connectivity index (χ4v) is 3.27. The summed E-state index contributed by atoms with van der Waals surface area (Å²) in [4.78, 5) is 7.94. The minimum atomic E-state index is 0.133. The van der Waals surface area contributed by atoms with Crippen molar-refractivity contribution in [1.29, 1.82) is 0 Å². The summed E-state index contributed by atoms with van der Waals surface area (Å²) in [5.41, 5.74) is 1.22. The number of hydrogen-bond acceptors (Lipinski definition) is 3. The highest BCUT2D eigenvalue weighted by molar-refractivity contribution is 7.09. The van der Waals surface area contributed by atoms with Crippen LogP contribution in [0.2, 0.25) is 0 Å². The lowest BCUT2D eigenvalue weighted by atomic mass is 10.1. The molecule has 1 heterocycles. The number of likely N-dealkylation sites (N-methyl/N-ethyl adjacent to an activating group) is 1. The zero-order valence-electron chi connectivity index (χ0n) is 15.4. The Bertz CT molecular complexity index is 613. The van der Waals surface area contributed by atoms with E-state index in [2.05, 4.69) is 58.8 Å². The molecule has 0 aliphatic heterocycles. The molecule has 1 atom stereocenters. The Morgan fingerprint density at radius 2 is 2.04 bits per heavy atom. The smallest absolute Gasteiger partial charge is 0.193 e. The molecule has 0 amide bonds. The second kappa shape index (κ2) is 10.9. The predicted octanol–water partition coefficient (Wildman–Crippen LogP) is 3.97. The molecule has 1 aromatic heterocycles. The van der Waals surface area contributed by atoms with Gasteiger partial charge in [0.15, 0.2) is 5.96 Å². The zero-order chi connectivity index (χ0) is 17.9. The fraction of sp³-hybridized carbons (Fsp3) is 0.450. The molecule has 0 saturated carbocycles. The molecule has 1 unspecified atom stereocenters. The van der Waals surface area contributed by atoms with E-state index in [0.717, 1.165) is 38.5 Å². The summed E-state index contributed by atoms with van der Waals surface area (Å²) in [7, 11) is 3.91. The lowest BCUT2D eigenvalue weighted by molar-refractivity contribution is 0.0645. The van der Waals surface area contributed by atoms with Crippen molar-refractivity contribution in [2.75, 3.05) is 33.8 Å². The van der Waals surface area contributed by atoms with Crippen molar-refractivity contribution < 1.29 is 4.74 Å². The van der Waals surface area contributed by atoms with Crippen LogP contribution in [0.25, 0.3) is 0 Å². The minimum Gasteiger partial charge on any atom is -0.374 e. The first-order chi connectivity index (χ1) is 12.2. The van der Waals surface area contributed by atoms with Gasteiger partial charge >= 0.3 is 0 Å². The Balaban J connectivity index is 1.62. The van der Waals surface area contributed by atoms with E-state index in [0.29, 0.717) is 0 Å². The quantitative estimate of drug-likeness (QED) is 0.418. The number of nitrogens with zero attached hydrogens (tertiary/aromatic N) is 2. The number of ether oxygens (including phenoxy) is 1. The normalized spacial score (nSPS) is 12.8. The number of nitrogens with one attached hydrogen (secondary N) is 1. The third-order valence-corrected chi connectivity index (χ3v) is 5.02. The van der Waals surface area contributed by atoms with Crippen LogP contribution in [0, 0.1) is 0 Å². The fourth-order valence-electron chi connectivity index (χ4n) is 2.58. The number of hydrogen-bond donors (Lipinski definition) is 1. The number of rotatable bonds is 9. The van der Waals surface area contributed by atoms with E-state index in [1.807, 2.05) is 25.2 Å². The van der Waals surface area contributed by atoms with Gasteiger partial charge in [0.05, 0.1) is 6.10 Å². The number of guanidine groups is 1. The summed E-state index contributed by atoms with van der Waals surface area (Å²) in [6.45, 7) is 4.65. The van der Waals surface area contributed by atoms with Crippen LogP contribution >= 0.6 is 11.3 Å². The Kier molecular flexibility index (Phi) is 8.49. The molecule has 4 nitrogen and oxygen atoms in total. The molecule has 0 fully saturated rings. The number of benzene rings is 1. The summed E-state index contributed by atoms with van der Waals surface area (Å²) < 4.78 is 5.91. The molecule has 25 heavy (non-hydrogen) atoms. The van der Waals surface area contributed by atoms with Crippen LogP contribution in [0.15, 0.2) is 52.8 Å². The Hall–Kier alpha value is -1.85. The summed E-state index contributed by atoms with van der Waals surface area (Å²) in [5.74, 6) is 0.938. The first kappa shape index (κ1) is 19.5. The van der Waals surface area contributed by atoms with E-state index in [1.165, 1.54) is 10.4 Å². The maximum absolute atomic E-state index is 5.91. The molecular weight excluding hydrogens is 330 g/mol. The monoisotopic (exact) mass is 359 g/mol. The van der Waals surface area contributed by atoms with Crippen LogP contribution in [0.4, 0.5) is 0 Å². The third kappa shape index (κ3) is 6.88. The number of thiophene rings is 1. The molecular formula is C20H29N3OS. The largest absolute Gasteiger partial charge is 0.374 e. The molecule has 0 spiro atoms. The van der Waals surface area contributed by atoms with Crippen molar-refractivity contribution in [2.45, 2.75) is 25.9 Å².